The SMILES string of the molecule is OC(C1=CCCCCC1)C1CCC1. The third-order valence-electron chi connectivity index (χ3n) is 3.55. The standard InChI is InChI=1S/C12H20O/c13-12(11-8-5-9-11)10-6-3-1-2-4-7-10/h6,11-13H,1-5,7-9H2. The zero-order valence-electron chi connectivity index (χ0n) is 8.34. The van der Waals surface area contributed by atoms with Gasteiger partial charge in [0.2, 0.25) is 0 Å². The van der Waals surface area contributed by atoms with Gasteiger partial charge in [0, 0.05) is 0 Å². The summed E-state index contributed by atoms with van der Waals surface area (Å²) in [5.41, 5.74) is 1.35. The maximum atomic E-state index is 10.1. The topological polar surface area (TPSA) is 20.2 Å². The summed E-state index contributed by atoms with van der Waals surface area (Å²) in [4.78, 5) is 0. The van der Waals surface area contributed by atoms with E-state index in [-0.39, 0.29) is 6.10 Å². The lowest BCUT2D eigenvalue weighted by molar-refractivity contribution is 0.0882. The van der Waals surface area contributed by atoms with Gasteiger partial charge in [-0.2, -0.15) is 0 Å². The first-order valence-electron chi connectivity index (χ1n) is 5.75. The summed E-state index contributed by atoms with van der Waals surface area (Å²) in [5.74, 6) is 0.601. The summed E-state index contributed by atoms with van der Waals surface area (Å²) in [6, 6.07) is 0. The fourth-order valence-electron chi connectivity index (χ4n) is 2.37. The van der Waals surface area contributed by atoms with Crippen LogP contribution in [0.15, 0.2) is 11.6 Å². The van der Waals surface area contributed by atoms with Crippen molar-refractivity contribution < 1.29 is 5.11 Å². The Morgan fingerprint density at radius 2 is 2.00 bits per heavy atom. The molecule has 0 radical (unpaired) electrons. The van der Waals surface area contributed by atoms with Crippen LogP contribution >= 0.6 is 0 Å². The number of aliphatic hydroxyl groups excluding tert-OH is 1. The Morgan fingerprint density at radius 3 is 2.69 bits per heavy atom. The van der Waals surface area contributed by atoms with Gasteiger partial charge in [0.05, 0.1) is 6.10 Å². The van der Waals surface area contributed by atoms with Gasteiger partial charge in [0.15, 0.2) is 0 Å². The molecule has 74 valence electrons. The van der Waals surface area contributed by atoms with Crippen molar-refractivity contribution in [3.63, 3.8) is 0 Å². The van der Waals surface area contributed by atoms with Crippen LogP contribution in [0.3, 0.4) is 0 Å². The molecule has 2 aliphatic rings. The zero-order chi connectivity index (χ0) is 9.10. The Bertz CT molecular complexity index is 191. The Balaban J connectivity index is 1.92. The highest BCUT2D eigenvalue weighted by molar-refractivity contribution is 5.11. The lowest BCUT2D eigenvalue weighted by Crippen LogP contribution is -2.28. The molecule has 2 aliphatic carbocycles. The van der Waals surface area contributed by atoms with Gasteiger partial charge >= 0.3 is 0 Å². The number of rotatable bonds is 2. The summed E-state index contributed by atoms with van der Waals surface area (Å²) >= 11 is 0. The van der Waals surface area contributed by atoms with E-state index in [9.17, 15) is 5.11 Å². The summed E-state index contributed by atoms with van der Waals surface area (Å²) in [6.07, 6.45) is 12.3. The van der Waals surface area contributed by atoms with Crippen molar-refractivity contribution in [2.75, 3.05) is 0 Å². The van der Waals surface area contributed by atoms with E-state index in [1.807, 2.05) is 0 Å². The van der Waals surface area contributed by atoms with Gasteiger partial charge in [-0.1, -0.05) is 18.9 Å². The average Bonchev–Trinajstić information content (AvgIpc) is 2.27. The fourth-order valence-corrected chi connectivity index (χ4v) is 2.37. The third kappa shape index (κ3) is 2.14. The van der Waals surface area contributed by atoms with E-state index >= 15 is 0 Å². The second kappa shape index (κ2) is 4.28. The number of hydrogen-bond acceptors (Lipinski definition) is 1. The Kier molecular flexibility index (Phi) is 3.05. The molecule has 0 heterocycles. The molecule has 1 atom stereocenters. The smallest absolute Gasteiger partial charge is 0.0778 e. The van der Waals surface area contributed by atoms with Crippen LogP contribution in [-0.4, -0.2) is 11.2 Å². The molecular formula is C12H20O. The van der Waals surface area contributed by atoms with E-state index in [4.69, 9.17) is 0 Å². The summed E-state index contributed by atoms with van der Waals surface area (Å²) in [7, 11) is 0. The van der Waals surface area contributed by atoms with E-state index in [1.165, 1.54) is 50.5 Å². The van der Waals surface area contributed by atoms with Crippen LogP contribution in [0.2, 0.25) is 0 Å². The maximum Gasteiger partial charge on any atom is 0.0778 e. The molecular weight excluding hydrogens is 160 g/mol. The van der Waals surface area contributed by atoms with Crippen molar-refractivity contribution in [1.82, 2.24) is 0 Å². The number of allylic oxidation sites excluding steroid dienone is 1. The van der Waals surface area contributed by atoms with Crippen LogP contribution in [0.1, 0.15) is 51.4 Å². The molecule has 0 aromatic rings. The minimum absolute atomic E-state index is 0.0909. The molecule has 1 fully saturated rings. The predicted molar refractivity (Wildman–Crippen MR) is 54.5 cm³/mol. The van der Waals surface area contributed by atoms with E-state index in [0.29, 0.717) is 5.92 Å². The molecule has 1 nitrogen and oxygen atoms in total. The molecule has 13 heavy (non-hydrogen) atoms. The summed E-state index contributed by atoms with van der Waals surface area (Å²) in [6.45, 7) is 0. The van der Waals surface area contributed by atoms with E-state index < -0.39 is 0 Å². The van der Waals surface area contributed by atoms with E-state index in [2.05, 4.69) is 6.08 Å². The first-order valence-corrected chi connectivity index (χ1v) is 5.75. The van der Waals surface area contributed by atoms with Crippen molar-refractivity contribution in [3.8, 4) is 0 Å². The molecule has 0 amide bonds. The summed E-state index contributed by atoms with van der Waals surface area (Å²) < 4.78 is 0. The molecule has 1 N–H and O–H groups in total. The lowest BCUT2D eigenvalue weighted by Gasteiger charge is -2.31. The Hall–Kier alpha value is -0.300. The molecule has 0 aliphatic heterocycles. The molecule has 0 saturated heterocycles. The molecule has 2 rings (SSSR count). The highest BCUT2D eigenvalue weighted by Gasteiger charge is 2.27. The van der Waals surface area contributed by atoms with Gasteiger partial charge in [-0.3, -0.25) is 0 Å². The van der Waals surface area contributed by atoms with Crippen molar-refractivity contribution in [2.24, 2.45) is 5.92 Å². The Morgan fingerprint density at radius 1 is 1.15 bits per heavy atom. The molecule has 0 aromatic heterocycles. The minimum Gasteiger partial charge on any atom is -0.388 e. The highest BCUT2D eigenvalue weighted by Crippen LogP contribution is 2.34. The van der Waals surface area contributed by atoms with Crippen LogP contribution in [0, 0.1) is 5.92 Å². The average molecular weight is 180 g/mol. The van der Waals surface area contributed by atoms with Crippen molar-refractivity contribution in [3.05, 3.63) is 11.6 Å². The normalized spacial score (nSPS) is 27.3. The van der Waals surface area contributed by atoms with Gasteiger partial charge < -0.3 is 5.11 Å². The van der Waals surface area contributed by atoms with Gasteiger partial charge in [-0.05, 0) is 50.0 Å². The quantitative estimate of drug-likeness (QED) is 0.648. The van der Waals surface area contributed by atoms with Crippen LogP contribution in [0.4, 0.5) is 0 Å². The minimum atomic E-state index is -0.0909. The van der Waals surface area contributed by atoms with Crippen LogP contribution in [0.25, 0.3) is 0 Å². The van der Waals surface area contributed by atoms with Crippen LogP contribution < -0.4 is 0 Å². The second-order valence-corrected chi connectivity index (χ2v) is 4.51. The molecule has 0 spiro atoms. The Labute approximate surface area is 80.8 Å². The van der Waals surface area contributed by atoms with Gasteiger partial charge in [0.1, 0.15) is 0 Å². The highest BCUT2D eigenvalue weighted by atomic mass is 16.3. The molecule has 1 heteroatoms. The maximum absolute atomic E-state index is 10.1. The molecule has 0 aromatic carbocycles. The molecule has 1 saturated carbocycles. The first kappa shape index (κ1) is 9.26. The first-order chi connectivity index (χ1) is 6.38. The van der Waals surface area contributed by atoms with Crippen LogP contribution in [0.5, 0.6) is 0 Å². The van der Waals surface area contributed by atoms with Crippen molar-refractivity contribution >= 4 is 0 Å². The van der Waals surface area contributed by atoms with Crippen LogP contribution in [-0.2, 0) is 0 Å². The molecule has 0 bridgehead atoms. The van der Waals surface area contributed by atoms with Gasteiger partial charge in [-0.15, -0.1) is 0 Å². The lowest BCUT2D eigenvalue weighted by atomic mass is 9.78. The van der Waals surface area contributed by atoms with Gasteiger partial charge in [0.25, 0.3) is 0 Å². The predicted octanol–water partition coefficient (Wildman–Crippen LogP) is 3.04. The van der Waals surface area contributed by atoms with Gasteiger partial charge in [-0.25, -0.2) is 0 Å². The monoisotopic (exact) mass is 180 g/mol. The van der Waals surface area contributed by atoms with E-state index in [0.717, 1.165) is 6.42 Å². The number of hydrogen-bond donors (Lipinski definition) is 1. The van der Waals surface area contributed by atoms with Crippen molar-refractivity contribution in [1.29, 1.82) is 0 Å². The summed E-state index contributed by atoms with van der Waals surface area (Å²) in [5, 5.41) is 10.1. The fraction of sp³-hybridized carbons (Fsp3) is 0.833. The largest absolute Gasteiger partial charge is 0.388 e. The van der Waals surface area contributed by atoms with E-state index in [1.54, 1.807) is 0 Å². The molecule has 1 unspecified atom stereocenters. The number of aliphatic hydroxyl groups is 1. The zero-order valence-corrected chi connectivity index (χ0v) is 8.34. The third-order valence-corrected chi connectivity index (χ3v) is 3.55. The second-order valence-electron chi connectivity index (χ2n) is 4.51. The van der Waals surface area contributed by atoms with Crippen molar-refractivity contribution in [2.45, 2.75) is 57.5 Å².